The van der Waals surface area contributed by atoms with Crippen LogP contribution in [0.4, 0.5) is 0 Å². The minimum atomic E-state index is -0.954. The van der Waals surface area contributed by atoms with Crippen molar-refractivity contribution in [2.75, 3.05) is 11.5 Å². The second-order valence-electron chi connectivity index (χ2n) is 3.79. The van der Waals surface area contributed by atoms with E-state index < -0.39 is 12.0 Å². The van der Waals surface area contributed by atoms with Gasteiger partial charge in [0.15, 0.2) is 5.78 Å². The van der Waals surface area contributed by atoms with Gasteiger partial charge >= 0.3 is 5.97 Å². The number of carboxylic acids is 1. The number of ketones is 1. The molecule has 0 radical (unpaired) electrons. The van der Waals surface area contributed by atoms with Crippen molar-refractivity contribution < 1.29 is 19.5 Å². The molecular formula is C10H17NO4S. The lowest BCUT2D eigenvalue weighted by Gasteiger charge is -2.19. The summed E-state index contributed by atoms with van der Waals surface area (Å²) in [4.78, 5) is 32.8. The number of Topliss-reactive ketones (excluding diaryl/α,β-unsaturated/α-hetero) is 1. The molecule has 0 aliphatic rings. The smallest absolute Gasteiger partial charge is 0.313 e. The van der Waals surface area contributed by atoms with Crippen molar-refractivity contribution in [3.05, 3.63) is 0 Å². The summed E-state index contributed by atoms with van der Waals surface area (Å²) in [5, 5.41) is 11.0. The lowest BCUT2D eigenvalue weighted by atomic mass is 10.0. The van der Waals surface area contributed by atoms with Gasteiger partial charge in [-0.2, -0.15) is 0 Å². The van der Waals surface area contributed by atoms with Gasteiger partial charge in [0.05, 0.1) is 17.5 Å². The lowest BCUT2D eigenvalue weighted by Crippen LogP contribution is -2.44. The van der Waals surface area contributed by atoms with Crippen LogP contribution in [-0.2, 0) is 14.4 Å². The fourth-order valence-corrected chi connectivity index (χ4v) is 1.73. The lowest BCUT2D eigenvalue weighted by molar-refractivity contribution is -0.133. The summed E-state index contributed by atoms with van der Waals surface area (Å²) in [5.74, 6) is -1.37. The van der Waals surface area contributed by atoms with E-state index in [0.717, 1.165) is 11.8 Å². The third-order valence-corrected chi connectivity index (χ3v) is 2.80. The molecular weight excluding hydrogens is 230 g/mol. The summed E-state index contributed by atoms with van der Waals surface area (Å²) in [7, 11) is 0. The van der Waals surface area contributed by atoms with E-state index in [0.29, 0.717) is 0 Å². The average Bonchev–Trinajstić information content (AvgIpc) is 2.12. The van der Waals surface area contributed by atoms with Crippen LogP contribution in [0, 0.1) is 5.92 Å². The number of hydrogen-bond donors (Lipinski definition) is 2. The van der Waals surface area contributed by atoms with Gasteiger partial charge in [0.25, 0.3) is 0 Å². The summed E-state index contributed by atoms with van der Waals surface area (Å²) in [5.41, 5.74) is 0. The molecule has 0 saturated heterocycles. The van der Waals surface area contributed by atoms with E-state index in [-0.39, 0.29) is 29.1 Å². The van der Waals surface area contributed by atoms with Crippen molar-refractivity contribution in [1.82, 2.24) is 5.32 Å². The van der Waals surface area contributed by atoms with Crippen LogP contribution in [0.15, 0.2) is 0 Å². The molecule has 0 aliphatic carbocycles. The van der Waals surface area contributed by atoms with Crippen molar-refractivity contribution in [2.45, 2.75) is 26.8 Å². The van der Waals surface area contributed by atoms with Crippen LogP contribution in [-0.4, -0.2) is 40.3 Å². The molecule has 1 amide bonds. The largest absolute Gasteiger partial charge is 0.481 e. The third-order valence-electron chi connectivity index (χ3n) is 1.88. The summed E-state index contributed by atoms with van der Waals surface area (Å²) in [6.07, 6.45) is 0. The fraction of sp³-hybridized carbons (Fsp3) is 0.700. The zero-order valence-electron chi connectivity index (χ0n) is 9.65. The molecule has 6 heteroatoms. The van der Waals surface area contributed by atoms with E-state index >= 15 is 0 Å². The van der Waals surface area contributed by atoms with E-state index in [4.69, 9.17) is 5.11 Å². The molecule has 92 valence electrons. The average molecular weight is 247 g/mol. The van der Waals surface area contributed by atoms with E-state index in [1.807, 2.05) is 13.8 Å². The molecule has 0 heterocycles. The van der Waals surface area contributed by atoms with Crippen molar-refractivity contribution in [2.24, 2.45) is 5.92 Å². The molecule has 1 atom stereocenters. The molecule has 2 N–H and O–H groups in total. The highest BCUT2D eigenvalue weighted by Crippen LogP contribution is 2.04. The van der Waals surface area contributed by atoms with Crippen LogP contribution in [0.5, 0.6) is 0 Å². The van der Waals surface area contributed by atoms with Gasteiger partial charge in [-0.1, -0.05) is 13.8 Å². The van der Waals surface area contributed by atoms with Gasteiger partial charge in [-0.3, -0.25) is 14.4 Å². The highest BCUT2D eigenvalue weighted by Gasteiger charge is 2.20. The molecule has 0 saturated carbocycles. The number of hydrogen-bond acceptors (Lipinski definition) is 4. The SMILES string of the molecule is CC(=O)C(NC(=O)CSCC(=O)O)C(C)C. The van der Waals surface area contributed by atoms with Gasteiger partial charge in [0, 0.05) is 0 Å². The zero-order chi connectivity index (χ0) is 12.7. The number of carbonyl (C=O) groups excluding carboxylic acids is 2. The van der Waals surface area contributed by atoms with Gasteiger partial charge < -0.3 is 10.4 Å². The first kappa shape index (κ1) is 15.0. The minimum Gasteiger partial charge on any atom is -0.481 e. The number of aliphatic carboxylic acids is 1. The molecule has 0 rings (SSSR count). The van der Waals surface area contributed by atoms with Gasteiger partial charge in [-0.05, 0) is 12.8 Å². The van der Waals surface area contributed by atoms with Crippen LogP contribution in [0.1, 0.15) is 20.8 Å². The fourth-order valence-electron chi connectivity index (χ4n) is 1.18. The predicted octanol–water partition coefficient (Wildman–Crippen LogP) is 0.534. The maximum Gasteiger partial charge on any atom is 0.313 e. The Labute approximate surface area is 99.0 Å². The van der Waals surface area contributed by atoms with Crippen molar-refractivity contribution in [3.8, 4) is 0 Å². The van der Waals surface area contributed by atoms with E-state index in [1.165, 1.54) is 6.92 Å². The summed E-state index contributed by atoms with van der Waals surface area (Å²) < 4.78 is 0. The molecule has 5 nitrogen and oxygen atoms in total. The number of rotatable bonds is 7. The summed E-state index contributed by atoms with van der Waals surface area (Å²) in [6, 6.07) is -0.488. The Balaban J connectivity index is 4.01. The first-order valence-electron chi connectivity index (χ1n) is 4.94. The number of carbonyl (C=O) groups is 3. The molecule has 0 aromatic heterocycles. The molecule has 0 aromatic carbocycles. The van der Waals surface area contributed by atoms with Gasteiger partial charge in [0.1, 0.15) is 0 Å². The molecule has 0 aliphatic heterocycles. The molecule has 16 heavy (non-hydrogen) atoms. The first-order valence-corrected chi connectivity index (χ1v) is 6.09. The number of amides is 1. The van der Waals surface area contributed by atoms with Crippen LogP contribution in [0.2, 0.25) is 0 Å². The van der Waals surface area contributed by atoms with Gasteiger partial charge in [0.2, 0.25) is 5.91 Å². The van der Waals surface area contributed by atoms with Gasteiger partial charge in [-0.25, -0.2) is 0 Å². The van der Waals surface area contributed by atoms with E-state index in [2.05, 4.69) is 5.32 Å². The maximum absolute atomic E-state index is 11.4. The van der Waals surface area contributed by atoms with Crippen molar-refractivity contribution >= 4 is 29.4 Å². The Morgan fingerprint density at radius 1 is 1.25 bits per heavy atom. The Morgan fingerprint density at radius 3 is 2.19 bits per heavy atom. The van der Waals surface area contributed by atoms with Crippen LogP contribution in [0.3, 0.4) is 0 Å². The predicted molar refractivity (Wildman–Crippen MR) is 62.4 cm³/mol. The zero-order valence-corrected chi connectivity index (χ0v) is 10.5. The van der Waals surface area contributed by atoms with E-state index in [9.17, 15) is 14.4 Å². The summed E-state index contributed by atoms with van der Waals surface area (Å²) >= 11 is 1.01. The summed E-state index contributed by atoms with van der Waals surface area (Å²) in [6.45, 7) is 5.11. The highest BCUT2D eigenvalue weighted by atomic mass is 32.2. The molecule has 0 aromatic rings. The third kappa shape index (κ3) is 6.44. The van der Waals surface area contributed by atoms with Crippen LogP contribution >= 0.6 is 11.8 Å². The maximum atomic E-state index is 11.4. The van der Waals surface area contributed by atoms with Crippen LogP contribution < -0.4 is 5.32 Å². The second kappa shape index (κ2) is 7.27. The Morgan fingerprint density at radius 2 is 1.81 bits per heavy atom. The molecule has 1 unspecified atom stereocenters. The Kier molecular flexibility index (Phi) is 6.80. The monoisotopic (exact) mass is 247 g/mol. The molecule has 0 spiro atoms. The first-order chi connectivity index (χ1) is 7.34. The molecule has 0 bridgehead atoms. The topological polar surface area (TPSA) is 83.5 Å². The minimum absolute atomic E-state index is 0.0333. The Bertz CT molecular complexity index is 278. The normalized spacial score (nSPS) is 12.2. The Hall–Kier alpha value is -1.04. The number of nitrogens with one attached hydrogen (secondary N) is 1. The molecule has 0 fully saturated rings. The highest BCUT2D eigenvalue weighted by molar-refractivity contribution is 8.00. The standard InChI is InChI=1S/C10H17NO4S/c1-6(2)10(7(3)12)11-8(13)4-16-5-9(14)15/h6,10H,4-5H2,1-3H3,(H,11,13)(H,14,15). The second-order valence-corrected chi connectivity index (χ2v) is 4.77. The number of carboxylic acid groups (broad SMARTS) is 1. The van der Waals surface area contributed by atoms with Crippen molar-refractivity contribution in [1.29, 1.82) is 0 Å². The van der Waals surface area contributed by atoms with Crippen molar-refractivity contribution in [3.63, 3.8) is 0 Å². The quantitative estimate of drug-likeness (QED) is 0.686. The van der Waals surface area contributed by atoms with E-state index in [1.54, 1.807) is 0 Å². The van der Waals surface area contributed by atoms with Gasteiger partial charge in [-0.15, -0.1) is 11.8 Å². The van der Waals surface area contributed by atoms with Crippen LogP contribution in [0.25, 0.3) is 0 Å². The number of thioether (sulfide) groups is 1.